The lowest BCUT2D eigenvalue weighted by atomic mass is 9.96. The number of rotatable bonds is 3. The topological polar surface area (TPSA) is 113 Å². The second kappa shape index (κ2) is 7.72. The molecule has 1 atom stereocenters. The molecule has 1 aliphatic heterocycles. The monoisotopic (exact) mass is 455 g/mol. The quantitative estimate of drug-likeness (QED) is 0.407. The summed E-state index contributed by atoms with van der Waals surface area (Å²) in [5.41, 5.74) is 6.97. The Balaban J connectivity index is 1.53. The number of amides is 1. The number of carbonyl (C=O) groups excluding carboxylic acids is 1. The van der Waals surface area contributed by atoms with Gasteiger partial charge in [-0.15, -0.1) is 0 Å². The Kier molecular flexibility index (Phi) is 4.86. The lowest BCUT2D eigenvalue weighted by molar-refractivity contribution is 0.0976. The minimum absolute atomic E-state index is 0.0523. The van der Waals surface area contributed by atoms with E-state index in [9.17, 15) is 13.6 Å². The Bertz CT molecular complexity index is 1360. The average molecular weight is 456 g/mol. The number of benzene rings is 2. The van der Waals surface area contributed by atoms with Crippen LogP contribution in [0.25, 0.3) is 11.0 Å². The summed E-state index contributed by atoms with van der Waals surface area (Å²) in [6.07, 6.45) is 2.11. The highest BCUT2D eigenvalue weighted by molar-refractivity contribution is 6.31. The zero-order chi connectivity index (χ0) is 22.4. The van der Waals surface area contributed by atoms with Gasteiger partial charge in [-0.1, -0.05) is 29.8 Å². The molecule has 0 radical (unpaired) electrons. The number of anilines is 3. The van der Waals surface area contributed by atoms with Crippen LogP contribution in [0.4, 0.5) is 26.2 Å². The molecule has 2 aromatic heterocycles. The average Bonchev–Trinajstić information content (AvgIpc) is 3.24. The molecule has 0 saturated carbocycles. The third-order valence-electron chi connectivity index (χ3n) is 5.32. The van der Waals surface area contributed by atoms with Gasteiger partial charge in [-0.05, 0) is 30.2 Å². The third kappa shape index (κ3) is 3.38. The maximum absolute atomic E-state index is 14.6. The first-order chi connectivity index (χ1) is 15.4. The number of para-hydroxylation sites is 1. The van der Waals surface area contributed by atoms with E-state index < -0.39 is 23.1 Å². The van der Waals surface area contributed by atoms with Crippen molar-refractivity contribution in [2.75, 3.05) is 22.5 Å². The van der Waals surface area contributed by atoms with Crippen molar-refractivity contribution in [2.24, 2.45) is 0 Å². The van der Waals surface area contributed by atoms with Crippen LogP contribution in [0.3, 0.4) is 0 Å². The number of hydrogen-bond donors (Lipinski definition) is 3. The number of nitrogens with zero attached hydrogens (tertiary/aromatic N) is 4. The van der Waals surface area contributed by atoms with Crippen LogP contribution >= 0.6 is 11.6 Å². The van der Waals surface area contributed by atoms with Gasteiger partial charge >= 0.3 is 0 Å². The number of halogens is 3. The minimum atomic E-state index is -1.09. The van der Waals surface area contributed by atoms with Gasteiger partial charge in [-0.2, -0.15) is 15.1 Å². The standard InChI is InChI=1S/C21H16ClF2N7O/c22-13-5-6-14(23)16(17(13)24)20(32)31-9-11(7-10-3-1-2-4-15(10)31)27-18-12-8-26-30-19(12)29-21(25)28-18/h1-6,8,11H,7,9H2,(H4,25,26,27,28,29,30). The maximum Gasteiger partial charge on any atom is 0.264 e. The van der Waals surface area contributed by atoms with Crippen molar-refractivity contribution < 1.29 is 13.6 Å². The van der Waals surface area contributed by atoms with E-state index in [-0.39, 0.29) is 23.6 Å². The molecule has 3 heterocycles. The molecule has 2 aromatic carbocycles. The van der Waals surface area contributed by atoms with Crippen LogP contribution in [-0.2, 0) is 6.42 Å². The second-order valence-corrected chi connectivity index (χ2v) is 7.78. The number of hydrogen-bond acceptors (Lipinski definition) is 6. The lowest BCUT2D eigenvalue weighted by Gasteiger charge is -2.35. The van der Waals surface area contributed by atoms with Crippen LogP contribution in [0.15, 0.2) is 42.6 Å². The first-order valence-electron chi connectivity index (χ1n) is 9.68. The van der Waals surface area contributed by atoms with Crippen molar-refractivity contribution in [1.82, 2.24) is 20.2 Å². The van der Waals surface area contributed by atoms with Crippen LogP contribution < -0.4 is 16.0 Å². The Morgan fingerprint density at radius 3 is 2.88 bits per heavy atom. The van der Waals surface area contributed by atoms with E-state index in [1.54, 1.807) is 18.3 Å². The summed E-state index contributed by atoms with van der Waals surface area (Å²) in [6.45, 7) is 0.129. The smallest absolute Gasteiger partial charge is 0.264 e. The molecule has 8 nitrogen and oxygen atoms in total. The highest BCUT2D eigenvalue weighted by Gasteiger charge is 2.33. The number of H-pyrrole nitrogens is 1. The number of aromatic amines is 1. The predicted octanol–water partition coefficient (Wildman–Crippen LogP) is 3.55. The fourth-order valence-electron chi connectivity index (χ4n) is 3.90. The SMILES string of the molecule is Nc1nc(NC2Cc3ccccc3N(C(=O)c3c(F)ccc(Cl)c3F)C2)c2cn[nH]c2n1. The normalized spacial score (nSPS) is 15.6. The van der Waals surface area contributed by atoms with Gasteiger partial charge in [0.05, 0.1) is 16.6 Å². The Morgan fingerprint density at radius 2 is 2.03 bits per heavy atom. The van der Waals surface area contributed by atoms with Crippen molar-refractivity contribution in [3.8, 4) is 0 Å². The molecule has 1 aliphatic rings. The summed E-state index contributed by atoms with van der Waals surface area (Å²) in [5.74, 6) is -2.40. The van der Waals surface area contributed by atoms with E-state index >= 15 is 0 Å². The zero-order valence-electron chi connectivity index (χ0n) is 16.4. The molecule has 1 unspecified atom stereocenters. The fourth-order valence-corrected chi connectivity index (χ4v) is 4.06. The first-order valence-corrected chi connectivity index (χ1v) is 10.1. The predicted molar refractivity (Wildman–Crippen MR) is 117 cm³/mol. The molecule has 4 aromatic rings. The van der Waals surface area contributed by atoms with E-state index in [4.69, 9.17) is 17.3 Å². The number of aromatic nitrogens is 4. The van der Waals surface area contributed by atoms with E-state index in [0.717, 1.165) is 17.7 Å². The molecule has 0 saturated heterocycles. The molecule has 11 heteroatoms. The number of nitrogen functional groups attached to an aromatic ring is 1. The summed E-state index contributed by atoms with van der Waals surface area (Å²) < 4.78 is 29.0. The molecule has 32 heavy (non-hydrogen) atoms. The van der Waals surface area contributed by atoms with E-state index in [1.807, 2.05) is 12.1 Å². The first kappa shape index (κ1) is 20.1. The lowest BCUT2D eigenvalue weighted by Crippen LogP contribution is -2.46. The summed E-state index contributed by atoms with van der Waals surface area (Å²) in [4.78, 5) is 22.9. The largest absolute Gasteiger partial charge is 0.368 e. The fraction of sp³-hybridized carbons (Fsp3) is 0.143. The van der Waals surface area contributed by atoms with Gasteiger partial charge in [0.2, 0.25) is 5.95 Å². The van der Waals surface area contributed by atoms with Gasteiger partial charge in [-0.3, -0.25) is 9.89 Å². The molecule has 0 aliphatic carbocycles. The summed E-state index contributed by atoms with van der Waals surface area (Å²) in [6, 6.07) is 8.92. The van der Waals surface area contributed by atoms with Crippen molar-refractivity contribution in [1.29, 1.82) is 0 Å². The molecule has 162 valence electrons. The highest BCUT2D eigenvalue weighted by atomic mass is 35.5. The van der Waals surface area contributed by atoms with Gasteiger partial charge in [0.1, 0.15) is 17.2 Å². The van der Waals surface area contributed by atoms with Crippen LogP contribution in [0.2, 0.25) is 5.02 Å². The van der Waals surface area contributed by atoms with E-state index in [2.05, 4.69) is 25.5 Å². The molecule has 0 spiro atoms. The minimum Gasteiger partial charge on any atom is -0.368 e. The number of nitrogens with one attached hydrogen (secondary N) is 2. The Hall–Kier alpha value is -3.79. The Morgan fingerprint density at radius 1 is 1.22 bits per heavy atom. The van der Waals surface area contributed by atoms with Gasteiger partial charge in [0.15, 0.2) is 11.5 Å². The van der Waals surface area contributed by atoms with Crippen molar-refractivity contribution in [3.63, 3.8) is 0 Å². The number of carbonyl (C=O) groups is 1. The van der Waals surface area contributed by atoms with E-state index in [1.165, 1.54) is 4.90 Å². The van der Waals surface area contributed by atoms with Crippen LogP contribution in [0.5, 0.6) is 0 Å². The molecule has 1 amide bonds. The summed E-state index contributed by atoms with van der Waals surface area (Å²) in [5, 5.41) is 10.3. The molecule has 4 N–H and O–H groups in total. The van der Waals surface area contributed by atoms with Gasteiger partial charge in [0, 0.05) is 18.3 Å². The second-order valence-electron chi connectivity index (χ2n) is 7.37. The summed E-state index contributed by atoms with van der Waals surface area (Å²) in [7, 11) is 0. The molecule has 0 bridgehead atoms. The van der Waals surface area contributed by atoms with Crippen molar-refractivity contribution >= 4 is 46.0 Å². The number of nitrogens with two attached hydrogens (primary N) is 1. The van der Waals surface area contributed by atoms with Crippen LogP contribution in [0, 0.1) is 11.6 Å². The Labute approximate surface area is 185 Å². The van der Waals surface area contributed by atoms with Crippen molar-refractivity contribution in [2.45, 2.75) is 12.5 Å². The molecule has 0 fully saturated rings. The van der Waals surface area contributed by atoms with Crippen molar-refractivity contribution in [3.05, 3.63) is 70.4 Å². The van der Waals surface area contributed by atoms with Crippen LogP contribution in [0.1, 0.15) is 15.9 Å². The maximum atomic E-state index is 14.6. The number of fused-ring (bicyclic) bond motifs is 2. The molecular weight excluding hydrogens is 440 g/mol. The van der Waals surface area contributed by atoms with Crippen LogP contribution in [-0.4, -0.2) is 38.7 Å². The van der Waals surface area contributed by atoms with E-state index in [0.29, 0.717) is 29.0 Å². The van der Waals surface area contributed by atoms with Gasteiger partial charge in [-0.25, -0.2) is 8.78 Å². The molecule has 5 rings (SSSR count). The van der Waals surface area contributed by atoms with Gasteiger partial charge in [0.25, 0.3) is 5.91 Å². The third-order valence-corrected chi connectivity index (χ3v) is 5.61. The molecular formula is C21H16ClF2N7O. The van der Waals surface area contributed by atoms with Gasteiger partial charge < -0.3 is 16.0 Å². The zero-order valence-corrected chi connectivity index (χ0v) is 17.2. The highest BCUT2D eigenvalue weighted by Crippen LogP contribution is 2.32. The summed E-state index contributed by atoms with van der Waals surface area (Å²) >= 11 is 5.80.